The molecule has 0 N–H and O–H groups in total. The zero-order valence-electron chi connectivity index (χ0n) is 20.7. The van der Waals surface area contributed by atoms with E-state index in [1.807, 2.05) is 48.2 Å². The summed E-state index contributed by atoms with van der Waals surface area (Å²) < 4.78 is 7.10. The molecule has 2 aromatic rings. The Morgan fingerprint density at radius 3 is 2.55 bits per heavy atom. The fraction of sp³-hybridized carbons (Fsp3) is 0.577. The third kappa shape index (κ3) is 6.83. The molecule has 2 heterocycles. The Hall–Kier alpha value is -2.83. The van der Waals surface area contributed by atoms with E-state index in [0.29, 0.717) is 31.3 Å². The van der Waals surface area contributed by atoms with E-state index in [4.69, 9.17) is 4.74 Å². The summed E-state index contributed by atoms with van der Waals surface area (Å²) in [7, 11) is 3.61. The number of carbonyl (C=O) groups excluding carboxylic acids is 2. The average Bonchev–Trinajstić information content (AvgIpc) is 3.21. The largest absolute Gasteiger partial charge is 0.497 e. The van der Waals surface area contributed by atoms with Crippen LogP contribution in [0, 0.1) is 18.8 Å². The Morgan fingerprint density at radius 2 is 1.94 bits per heavy atom. The number of rotatable bonds is 9. The van der Waals surface area contributed by atoms with Gasteiger partial charge in [-0.1, -0.05) is 26.0 Å². The van der Waals surface area contributed by atoms with Crippen molar-refractivity contribution in [1.29, 1.82) is 0 Å². The molecular formula is C26H38N4O3. The number of hydrogen-bond donors (Lipinski definition) is 0. The van der Waals surface area contributed by atoms with Crippen molar-refractivity contribution in [1.82, 2.24) is 19.6 Å². The number of benzene rings is 1. The van der Waals surface area contributed by atoms with Crippen molar-refractivity contribution in [3.8, 4) is 5.75 Å². The minimum atomic E-state index is 0.0920. The number of amides is 2. The molecule has 1 fully saturated rings. The summed E-state index contributed by atoms with van der Waals surface area (Å²) in [5, 5.41) is 4.33. The highest BCUT2D eigenvalue weighted by molar-refractivity contribution is 5.77. The van der Waals surface area contributed by atoms with Crippen LogP contribution in [-0.4, -0.2) is 64.7 Å². The summed E-state index contributed by atoms with van der Waals surface area (Å²) in [6, 6.07) is 10.1. The molecular weight excluding hydrogens is 416 g/mol. The van der Waals surface area contributed by atoms with E-state index in [0.717, 1.165) is 36.3 Å². The first-order valence-corrected chi connectivity index (χ1v) is 11.9. The number of methoxy groups -OCH3 is 1. The van der Waals surface area contributed by atoms with Crippen molar-refractivity contribution in [2.75, 3.05) is 27.2 Å². The van der Waals surface area contributed by atoms with E-state index in [9.17, 15) is 9.59 Å². The standard InChI is InChI=1S/C26H38N4O3/c1-19(2)15-25(31)28(4)24(17-21-7-6-8-23(16-21)33-5)22-10-12-29(13-11-22)26(32)18-30-14-9-20(3)27-30/h6-9,14,16,19,22,24H,10-13,15,17-18H2,1-5H3. The van der Waals surface area contributed by atoms with Gasteiger partial charge in [0.2, 0.25) is 11.8 Å². The molecule has 7 nitrogen and oxygen atoms in total. The van der Waals surface area contributed by atoms with Gasteiger partial charge in [-0.15, -0.1) is 0 Å². The van der Waals surface area contributed by atoms with Crippen LogP contribution in [0.15, 0.2) is 36.5 Å². The fourth-order valence-electron chi connectivity index (χ4n) is 4.66. The van der Waals surface area contributed by atoms with Gasteiger partial charge in [-0.2, -0.15) is 5.10 Å². The van der Waals surface area contributed by atoms with Gasteiger partial charge in [0.05, 0.1) is 12.8 Å². The Morgan fingerprint density at radius 1 is 1.21 bits per heavy atom. The first kappa shape index (κ1) is 24.8. The highest BCUT2D eigenvalue weighted by Crippen LogP contribution is 2.28. The average molecular weight is 455 g/mol. The molecule has 180 valence electrons. The lowest BCUT2D eigenvalue weighted by atomic mass is 9.84. The van der Waals surface area contributed by atoms with E-state index in [1.54, 1.807) is 11.8 Å². The van der Waals surface area contributed by atoms with Crippen LogP contribution >= 0.6 is 0 Å². The summed E-state index contributed by atoms with van der Waals surface area (Å²) in [6.45, 7) is 7.78. The topological polar surface area (TPSA) is 67.7 Å². The van der Waals surface area contributed by atoms with Gasteiger partial charge in [-0.25, -0.2) is 0 Å². The number of ether oxygens (including phenoxy) is 1. The third-order valence-electron chi connectivity index (χ3n) is 6.56. The Bertz CT molecular complexity index is 931. The van der Waals surface area contributed by atoms with Gasteiger partial charge in [0, 0.05) is 38.8 Å². The number of likely N-dealkylation sites (N-methyl/N-ethyl adjacent to an activating group) is 1. The first-order chi connectivity index (χ1) is 15.8. The van der Waals surface area contributed by atoms with Crippen molar-refractivity contribution < 1.29 is 14.3 Å². The molecule has 7 heteroatoms. The van der Waals surface area contributed by atoms with Crippen molar-refractivity contribution in [3.63, 3.8) is 0 Å². The second kappa shape index (κ2) is 11.3. The van der Waals surface area contributed by atoms with Crippen molar-refractivity contribution in [2.45, 2.75) is 59.0 Å². The van der Waals surface area contributed by atoms with E-state index in [2.05, 4.69) is 31.1 Å². The smallest absolute Gasteiger partial charge is 0.244 e. The molecule has 1 aliphatic heterocycles. The van der Waals surface area contributed by atoms with Crippen LogP contribution in [0.2, 0.25) is 0 Å². The number of aromatic nitrogens is 2. The summed E-state index contributed by atoms with van der Waals surface area (Å²) in [5.74, 6) is 1.78. The number of carbonyl (C=O) groups is 2. The first-order valence-electron chi connectivity index (χ1n) is 11.9. The molecule has 0 aliphatic carbocycles. The lowest BCUT2D eigenvalue weighted by molar-refractivity contribution is -0.137. The van der Waals surface area contributed by atoms with Crippen LogP contribution in [-0.2, 0) is 22.6 Å². The Labute approximate surface area is 197 Å². The number of nitrogens with zero attached hydrogens (tertiary/aromatic N) is 4. The summed E-state index contributed by atoms with van der Waals surface area (Å²) in [5.41, 5.74) is 2.08. The van der Waals surface area contributed by atoms with Crippen LogP contribution in [0.1, 0.15) is 44.4 Å². The monoisotopic (exact) mass is 454 g/mol. The molecule has 0 saturated carbocycles. The summed E-state index contributed by atoms with van der Waals surface area (Å²) >= 11 is 0. The van der Waals surface area contributed by atoms with Gasteiger partial charge in [0.15, 0.2) is 0 Å². The third-order valence-corrected chi connectivity index (χ3v) is 6.56. The quantitative estimate of drug-likeness (QED) is 0.581. The second-order valence-corrected chi connectivity index (χ2v) is 9.60. The highest BCUT2D eigenvalue weighted by Gasteiger charge is 2.33. The molecule has 0 radical (unpaired) electrons. The van der Waals surface area contributed by atoms with Crippen LogP contribution in [0.25, 0.3) is 0 Å². The number of aryl methyl sites for hydroxylation is 1. The van der Waals surface area contributed by atoms with E-state index in [-0.39, 0.29) is 24.4 Å². The van der Waals surface area contributed by atoms with Crippen molar-refractivity contribution in [3.05, 3.63) is 47.8 Å². The number of piperidine rings is 1. The maximum atomic E-state index is 13.0. The zero-order valence-corrected chi connectivity index (χ0v) is 20.7. The van der Waals surface area contributed by atoms with E-state index < -0.39 is 0 Å². The van der Waals surface area contributed by atoms with Crippen LogP contribution in [0.5, 0.6) is 5.75 Å². The molecule has 1 unspecified atom stereocenters. The minimum Gasteiger partial charge on any atom is -0.497 e. The van der Waals surface area contributed by atoms with Gasteiger partial charge >= 0.3 is 0 Å². The second-order valence-electron chi connectivity index (χ2n) is 9.60. The van der Waals surface area contributed by atoms with Gasteiger partial charge < -0.3 is 14.5 Å². The maximum absolute atomic E-state index is 13.0. The van der Waals surface area contributed by atoms with E-state index >= 15 is 0 Å². The minimum absolute atomic E-state index is 0.0920. The predicted molar refractivity (Wildman–Crippen MR) is 129 cm³/mol. The molecule has 1 aliphatic rings. The van der Waals surface area contributed by atoms with Gasteiger partial charge in [-0.05, 0) is 61.8 Å². The normalized spacial score (nSPS) is 15.5. The van der Waals surface area contributed by atoms with Crippen LogP contribution in [0.4, 0.5) is 0 Å². The van der Waals surface area contributed by atoms with Gasteiger partial charge in [-0.3, -0.25) is 14.3 Å². The van der Waals surface area contributed by atoms with Crippen molar-refractivity contribution in [2.24, 2.45) is 11.8 Å². The predicted octanol–water partition coefficient (Wildman–Crippen LogP) is 3.55. The number of hydrogen-bond acceptors (Lipinski definition) is 4. The summed E-state index contributed by atoms with van der Waals surface area (Å²) in [4.78, 5) is 29.6. The Balaban J connectivity index is 1.68. The molecule has 0 bridgehead atoms. The van der Waals surface area contributed by atoms with E-state index in [1.165, 1.54) is 0 Å². The maximum Gasteiger partial charge on any atom is 0.244 e. The molecule has 3 rings (SSSR count). The van der Waals surface area contributed by atoms with Crippen LogP contribution < -0.4 is 4.74 Å². The van der Waals surface area contributed by atoms with Gasteiger partial charge in [0.25, 0.3) is 0 Å². The SMILES string of the molecule is COc1cccc(CC(C2CCN(C(=O)Cn3ccc(C)n3)CC2)N(C)C(=O)CC(C)C)c1. The fourth-order valence-corrected chi connectivity index (χ4v) is 4.66. The van der Waals surface area contributed by atoms with Gasteiger partial charge in [0.1, 0.15) is 12.3 Å². The highest BCUT2D eigenvalue weighted by atomic mass is 16.5. The molecule has 1 saturated heterocycles. The van der Waals surface area contributed by atoms with Crippen LogP contribution in [0.3, 0.4) is 0 Å². The molecule has 1 aromatic heterocycles. The molecule has 1 atom stereocenters. The lowest BCUT2D eigenvalue weighted by Crippen LogP contribution is -2.49. The molecule has 2 amide bonds. The Kier molecular flexibility index (Phi) is 8.53. The lowest BCUT2D eigenvalue weighted by Gasteiger charge is -2.40. The molecule has 1 aromatic carbocycles. The zero-order chi connectivity index (χ0) is 24.0. The molecule has 33 heavy (non-hydrogen) atoms. The number of likely N-dealkylation sites (tertiary alicyclic amines) is 1. The van der Waals surface area contributed by atoms with Crippen molar-refractivity contribution >= 4 is 11.8 Å². The summed E-state index contributed by atoms with van der Waals surface area (Å²) in [6.07, 6.45) is 4.95. The molecule has 0 spiro atoms.